The van der Waals surface area contributed by atoms with Gasteiger partial charge < -0.3 is 10.8 Å². The highest BCUT2D eigenvalue weighted by Crippen LogP contribution is 2.31. The fourth-order valence-corrected chi connectivity index (χ4v) is 4.11. The molecule has 1 aliphatic carbocycles. The molecule has 0 saturated heterocycles. The number of rotatable bonds is 5. The molecule has 1 unspecified atom stereocenters. The summed E-state index contributed by atoms with van der Waals surface area (Å²) in [6.07, 6.45) is 4.34. The Balaban J connectivity index is 1.67. The van der Waals surface area contributed by atoms with Gasteiger partial charge in [-0.2, -0.15) is 0 Å². The van der Waals surface area contributed by atoms with Gasteiger partial charge in [-0.25, -0.2) is 0 Å². The van der Waals surface area contributed by atoms with Gasteiger partial charge in [0.2, 0.25) is 0 Å². The van der Waals surface area contributed by atoms with Crippen LogP contribution in [-0.4, -0.2) is 29.1 Å². The molecule has 5 nitrogen and oxygen atoms in total. The standard InChI is InChI=1S/C22H28N2O3/c1-14(15-8-3-2-4-9-15)19(23)20(25)22(27)24-21(26)18-13-7-11-16-10-5-6-12-17(16)18/h5-7,10-15,19-20,25H,2-4,8-9,23H2,1H3,(H,24,26,27)/t14?,19-,20+/m1/s1. The molecule has 1 aliphatic rings. The summed E-state index contributed by atoms with van der Waals surface area (Å²) in [5, 5.41) is 14.4. The van der Waals surface area contributed by atoms with E-state index in [-0.39, 0.29) is 5.92 Å². The molecule has 1 saturated carbocycles. The number of nitrogens with two attached hydrogens (primary N) is 1. The molecule has 2 amide bonds. The summed E-state index contributed by atoms with van der Waals surface area (Å²) in [5.41, 5.74) is 6.58. The number of fused-ring (bicyclic) bond motifs is 1. The molecule has 144 valence electrons. The molecular formula is C22H28N2O3. The lowest BCUT2D eigenvalue weighted by Crippen LogP contribution is -2.52. The number of amides is 2. The van der Waals surface area contributed by atoms with Crippen LogP contribution >= 0.6 is 0 Å². The van der Waals surface area contributed by atoms with E-state index in [0.717, 1.165) is 23.6 Å². The number of carbonyl (C=O) groups excluding carboxylic acids is 2. The molecule has 5 heteroatoms. The van der Waals surface area contributed by atoms with E-state index in [1.165, 1.54) is 19.3 Å². The molecule has 0 aliphatic heterocycles. The third-order valence-electron chi connectivity index (χ3n) is 5.90. The molecule has 0 bridgehead atoms. The maximum atomic E-state index is 12.6. The quantitative estimate of drug-likeness (QED) is 0.756. The lowest BCUT2D eigenvalue weighted by Gasteiger charge is -2.33. The van der Waals surface area contributed by atoms with Crippen LogP contribution in [0.1, 0.15) is 49.4 Å². The van der Waals surface area contributed by atoms with Crippen LogP contribution in [0.2, 0.25) is 0 Å². The molecule has 0 spiro atoms. The third-order valence-corrected chi connectivity index (χ3v) is 5.90. The Bertz CT molecular complexity index is 809. The van der Waals surface area contributed by atoms with Crippen LogP contribution in [0.25, 0.3) is 10.8 Å². The molecule has 0 heterocycles. The first-order chi connectivity index (χ1) is 13.0. The minimum Gasteiger partial charge on any atom is -0.382 e. The van der Waals surface area contributed by atoms with Gasteiger partial charge >= 0.3 is 0 Å². The molecule has 3 rings (SSSR count). The fraction of sp³-hybridized carbons (Fsp3) is 0.455. The number of benzene rings is 2. The Morgan fingerprint density at radius 1 is 1.07 bits per heavy atom. The van der Waals surface area contributed by atoms with Gasteiger partial charge in [0.15, 0.2) is 0 Å². The summed E-state index contributed by atoms with van der Waals surface area (Å²) in [6.45, 7) is 1.99. The lowest BCUT2D eigenvalue weighted by molar-refractivity contribution is -0.130. The summed E-state index contributed by atoms with van der Waals surface area (Å²) < 4.78 is 0. The minimum atomic E-state index is -1.40. The number of aliphatic hydroxyl groups excluding tert-OH is 1. The van der Waals surface area contributed by atoms with E-state index in [0.29, 0.717) is 11.5 Å². The Morgan fingerprint density at radius 3 is 2.48 bits per heavy atom. The minimum absolute atomic E-state index is 0.0266. The first-order valence-electron chi connectivity index (χ1n) is 9.75. The van der Waals surface area contributed by atoms with Crippen molar-refractivity contribution in [3.05, 3.63) is 48.0 Å². The molecule has 27 heavy (non-hydrogen) atoms. The highest BCUT2D eigenvalue weighted by Gasteiger charge is 2.33. The fourth-order valence-electron chi connectivity index (χ4n) is 4.11. The van der Waals surface area contributed by atoms with Crippen molar-refractivity contribution < 1.29 is 14.7 Å². The largest absolute Gasteiger partial charge is 0.382 e. The first-order valence-corrected chi connectivity index (χ1v) is 9.75. The predicted molar refractivity (Wildman–Crippen MR) is 106 cm³/mol. The highest BCUT2D eigenvalue weighted by atomic mass is 16.3. The second-order valence-electron chi connectivity index (χ2n) is 7.62. The zero-order valence-electron chi connectivity index (χ0n) is 15.7. The zero-order valence-corrected chi connectivity index (χ0v) is 15.7. The highest BCUT2D eigenvalue weighted by molar-refractivity contribution is 6.12. The summed E-state index contributed by atoms with van der Waals surface area (Å²) >= 11 is 0. The Labute approximate surface area is 159 Å². The van der Waals surface area contributed by atoms with Crippen LogP contribution in [0.3, 0.4) is 0 Å². The van der Waals surface area contributed by atoms with Gasteiger partial charge in [-0.1, -0.05) is 75.4 Å². The first kappa shape index (κ1) is 19.5. The van der Waals surface area contributed by atoms with Gasteiger partial charge in [-0.05, 0) is 28.7 Å². The number of aliphatic hydroxyl groups is 1. The van der Waals surface area contributed by atoms with E-state index in [1.807, 2.05) is 37.3 Å². The average molecular weight is 368 g/mol. The molecule has 2 aromatic carbocycles. The predicted octanol–water partition coefficient (Wildman–Crippen LogP) is 3.00. The molecule has 4 N–H and O–H groups in total. The second kappa shape index (κ2) is 8.63. The second-order valence-corrected chi connectivity index (χ2v) is 7.62. The van der Waals surface area contributed by atoms with Crippen molar-refractivity contribution in [2.45, 2.75) is 51.2 Å². The van der Waals surface area contributed by atoms with Crippen LogP contribution in [-0.2, 0) is 4.79 Å². The van der Waals surface area contributed by atoms with Crippen molar-refractivity contribution in [2.24, 2.45) is 17.6 Å². The smallest absolute Gasteiger partial charge is 0.258 e. The van der Waals surface area contributed by atoms with Crippen molar-refractivity contribution in [1.29, 1.82) is 0 Å². The van der Waals surface area contributed by atoms with Gasteiger partial charge in [-0.15, -0.1) is 0 Å². The van der Waals surface area contributed by atoms with Crippen LogP contribution in [0.5, 0.6) is 0 Å². The van der Waals surface area contributed by atoms with Crippen LogP contribution < -0.4 is 11.1 Å². The molecule has 1 fully saturated rings. The van der Waals surface area contributed by atoms with Crippen molar-refractivity contribution in [2.75, 3.05) is 0 Å². The van der Waals surface area contributed by atoms with Gasteiger partial charge in [0.1, 0.15) is 6.10 Å². The Kier molecular flexibility index (Phi) is 6.24. The summed E-state index contributed by atoms with van der Waals surface area (Å²) in [7, 11) is 0. The summed E-state index contributed by atoms with van der Waals surface area (Å²) in [6, 6.07) is 12.1. The molecular weight excluding hydrogens is 340 g/mol. The monoisotopic (exact) mass is 368 g/mol. The SMILES string of the molecule is CC(C1CCCCC1)[C@@H](N)[C@H](O)C(=O)NC(=O)c1cccc2ccccc12. The van der Waals surface area contributed by atoms with E-state index in [4.69, 9.17) is 5.73 Å². The van der Waals surface area contributed by atoms with Crippen molar-refractivity contribution in [3.63, 3.8) is 0 Å². The van der Waals surface area contributed by atoms with Gasteiger partial charge in [0.25, 0.3) is 11.8 Å². The van der Waals surface area contributed by atoms with Crippen molar-refractivity contribution >= 4 is 22.6 Å². The number of hydrogen-bond acceptors (Lipinski definition) is 4. The molecule has 3 atom stereocenters. The van der Waals surface area contributed by atoms with Crippen LogP contribution in [0.4, 0.5) is 0 Å². The van der Waals surface area contributed by atoms with Gasteiger partial charge in [0, 0.05) is 11.6 Å². The maximum Gasteiger partial charge on any atom is 0.258 e. The summed E-state index contributed by atoms with van der Waals surface area (Å²) in [4.78, 5) is 25.0. The molecule has 2 aromatic rings. The van der Waals surface area contributed by atoms with E-state index in [1.54, 1.807) is 12.1 Å². The normalized spacial score (nSPS) is 18.6. The van der Waals surface area contributed by atoms with E-state index >= 15 is 0 Å². The number of nitrogens with one attached hydrogen (secondary N) is 1. The average Bonchev–Trinajstić information content (AvgIpc) is 2.72. The zero-order chi connectivity index (χ0) is 19.4. The van der Waals surface area contributed by atoms with Gasteiger partial charge in [-0.3, -0.25) is 14.9 Å². The molecule has 0 radical (unpaired) electrons. The van der Waals surface area contributed by atoms with E-state index < -0.39 is 24.0 Å². The van der Waals surface area contributed by atoms with Crippen molar-refractivity contribution in [3.8, 4) is 0 Å². The molecule has 0 aromatic heterocycles. The lowest BCUT2D eigenvalue weighted by atomic mass is 9.76. The van der Waals surface area contributed by atoms with Gasteiger partial charge in [0.05, 0.1) is 0 Å². The van der Waals surface area contributed by atoms with Crippen LogP contribution in [0, 0.1) is 11.8 Å². The third kappa shape index (κ3) is 4.37. The maximum absolute atomic E-state index is 12.6. The number of carbonyl (C=O) groups is 2. The Hall–Kier alpha value is -2.24. The summed E-state index contributed by atoms with van der Waals surface area (Å²) in [5.74, 6) is -0.805. The van der Waals surface area contributed by atoms with E-state index in [2.05, 4.69) is 5.32 Å². The number of hydrogen-bond donors (Lipinski definition) is 3. The Morgan fingerprint density at radius 2 is 1.74 bits per heavy atom. The number of imide groups is 1. The van der Waals surface area contributed by atoms with E-state index in [9.17, 15) is 14.7 Å². The topological polar surface area (TPSA) is 92.4 Å². The van der Waals surface area contributed by atoms with Crippen molar-refractivity contribution in [1.82, 2.24) is 5.32 Å². The van der Waals surface area contributed by atoms with Crippen LogP contribution in [0.15, 0.2) is 42.5 Å².